The Morgan fingerprint density at radius 3 is 2.50 bits per heavy atom. The van der Waals surface area contributed by atoms with Crippen molar-refractivity contribution in [3.05, 3.63) is 59.2 Å². The van der Waals surface area contributed by atoms with Crippen molar-refractivity contribution in [1.29, 1.82) is 0 Å². The zero-order chi connectivity index (χ0) is 21.7. The second kappa shape index (κ2) is 9.58. The molecule has 156 valence electrons. The first-order valence-corrected chi connectivity index (χ1v) is 10.7. The number of thioether (sulfide) groups is 1. The van der Waals surface area contributed by atoms with Crippen LogP contribution in [0.3, 0.4) is 0 Å². The van der Waals surface area contributed by atoms with Crippen LogP contribution in [0.15, 0.2) is 47.6 Å². The van der Waals surface area contributed by atoms with Crippen LogP contribution in [0.1, 0.15) is 23.6 Å². The van der Waals surface area contributed by atoms with Crippen molar-refractivity contribution in [2.24, 2.45) is 0 Å². The average Bonchev–Trinajstić information content (AvgIpc) is 3.11. The molecule has 0 aliphatic heterocycles. The number of carbonyl (C=O) groups is 2. The normalized spacial score (nSPS) is 10.7. The molecule has 0 saturated heterocycles. The van der Waals surface area contributed by atoms with E-state index in [1.54, 1.807) is 0 Å². The molecule has 3 aromatic rings. The van der Waals surface area contributed by atoms with Crippen LogP contribution in [-0.2, 0) is 11.3 Å². The monoisotopic (exact) mass is 423 g/mol. The third-order valence-electron chi connectivity index (χ3n) is 4.63. The molecular weight excluding hydrogens is 398 g/mol. The summed E-state index contributed by atoms with van der Waals surface area (Å²) in [5.41, 5.74) is 4.84. The Kier molecular flexibility index (Phi) is 6.89. The fourth-order valence-corrected chi connectivity index (χ4v) is 3.91. The Labute approximate surface area is 180 Å². The zero-order valence-corrected chi connectivity index (χ0v) is 18.3. The zero-order valence-electron chi connectivity index (χ0n) is 17.5. The lowest BCUT2D eigenvalue weighted by molar-refractivity contribution is -0.117. The van der Waals surface area contributed by atoms with Gasteiger partial charge in [0.25, 0.3) is 0 Å². The SMILES string of the molecule is CCn1c(SCC(=O)NC(=O)Nc2ccc(C)cc2C)nnc1-c1ccccc1C. The summed E-state index contributed by atoms with van der Waals surface area (Å²) in [4.78, 5) is 24.4. The Bertz CT molecular complexity index is 1080. The summed E-state index contributed by atoms with van der Waals surface area (Å²) in [5.74, 6) is 0.433. The lowest BCUT2D eigenvalue weighted by atomic mass is 10.1. The number of imide groups is 1. The number of nitrogens with one attached hydrogen (secondary N) is 2. The van der Waals surface area contributed by atoms with Gasteiger partial charge in [-0.05, 0) is 44.9 Å². The van der Waals surface area contributed by atoms with Crippen molar-refractivity contribution in [1.82, 2.24) is 20.1 Å². The number of nitrogens with zero attached hydrogens (tertiary/aromatic N) is 3. The van der Waals surface area contributed by atoms with Crippen LogP contribution in [0.2, 0.25) is 0 Å². The summed E-state index contributed by atoms with van der Waals surface area (Å²) < 4.78 is 1.97. The van der Waals surface area contributed by atoms with Crippen LogP contribution in [0.25, 0.3) is 11.4 Å². The molecule has 1 aromatic heterocycles. The smallest absolute Gasteiger partial charge is 0.307 e. The molecule has 0 unspecified atom stereocenters. The molecule has 3 rings (SSSR count). The molecule has 0 saturated carbocycles. The quantitative estimate of drug-likeness (QED) is 0.576. The molecule has 1 heterocycles. The minimum Gasteiger partial charge on any atom is -0.307 e. The van der Waals surface area contributed by atoms with Crippen LogP contribution >= 0.6 is 11.8 Å². The molecule has 30 heavy (non-hydrogen) atoms. The van der Waals surface area contributed by atoms with Gasteiger partial charge in [0.1, 0.15) is 0 Å². The third kappa shape index (κ3) is 5.07. The van der Waals surface area contributed by atoms with E-state index >= 15 is 0 Å². The molecule has 0 aliphatic rings. The maximum atomic E-state index is 12.2. The van der Waals surface area contributed by atoms with Gasteiger partial charge in [0.2, 0.25) is 5.91 Å². The minimum absolute atomic E-state index is 0.0617. The topological polar surface area (TPSA) is 88.9 Å². The summed E-state index contributed by atoms with van der Waals surface area (Å²) in [6, 6.07) is 13.1. The first kappa shape index (κ1) is 21.6. The van der Waals surface area contributed by atoms with Crippen molar-refractivity contribution >= 4 is 29.4 Å². The molecule has 7 nitrogen and oxygen atoms in total. The van der Waals surface area contributed by atoms with Crippen molar-refractivity contribution in [3.63, 3.8) is 0 Å². The standard InChI is InChI=1S/C22H25N5O2S/c1-5-27-20(17-9-7-6-8-15(17)3)25-26-22(27)30-13-19(28)24-21(29)23-18-11-10-14(2)12-16(18)4/h6-12H,5,13H2,1-4H3,(H2,23,24,28,29). The fourth-order valence-electron chi connectivity index (χ4n) is 3.10. The van der Waals surface area contributed by atoms with Crippen molar-refractivity contribution < 1.29 is 9.59 Å². The van der Waals surface area contributed by atoms with Gasteiger partial charge in [-0.3, -0.25) is 10.1 Å². The Morgan fingerprint density at radius 1 is 1.03 bits per heavy atom. The lowest BCUT2D eigenvalue weighted by Gasteiger charge is -2.10. The van der Waals surface area contributed by atoms with Crippen LogP contribution in [-0.4, -0.2) is 32.5 Å². The van der Waals surface area contributed by atoms with Gasteiger partial charge in [-0.2, -0.15) is 0 Å². The van der Waals surface area contributed by atoms with E-state index in [0.29, 0.717) is 17.4 Å². The number of hydrogen-bond acceptors (Lipinski definition) is 5. The number of hydrogen-bond donors (Lipinski definition) is 2. The lowest BCUT2D eigenvalue weighted by Crippen LogP contribution is -2.35. The number of amides is 3. The van der Waals surface area contributed by atoms with Crippen LogP contribution in [0.5, 0.6) is 0 Å². The summed E-state index contributed by atoms with van der Waals surface area (Å²) in [6.45, 7) is 8.60. The molecule has 2 N–H and O–H groups in total. The van der Waals surface area contributed by atoms with Crippen LogP contribution in [0, 0.1) is 20.8 Å². The van der Waals surface area contributed by atoms with Gasteiger partial charge < -0.3 is 9.88 Å². The first-order valence-electron chi connectivity index (χ1n) is 9.69. The van der Waals surface area contributed by atoms with Crippen molar-refractivity contribution in [2.45, 2.75) is 39.4 Å². The second-order valence-corrected chi connectivity index (χ2v) is 7.92. The molecule has 0 fully saturated rings. The number of aromatic nitrogens is 3. The molecule has 0 aliphatic carbocycles. The molecule has 0 bridgehead atoms. The van der Waals surface area contributed by atoms with Gasteiger partial charge in [-0.15, -0.1) is 10.2 Å². The summed E-state index contributed by atoms with van der Waals surface area (Å²) in [7, 11) is 0. The summed E-state index contributed by atoms with van der Waals surface area (Å²) in [5, 5.41) is 14.3. The van der Waals surface area contributed by atoms with E-state index in [0.717, 1.165) is 28.1 Å². The largest absolute Gasteiger partial charge is 0.325 e. The number of rotatable bonds is 6. The Hall–Kier alpha value is -3.13. The molecule has 2 aromatic carbocycles. The second-order valence-electron chi connectivity index (χ2n) is 6.97. The predicted molar refractivity (Wildman–Crippen MR) is 120 cm³/mol. The predicted octanol–water partition coefficient (Wildman–Crippen LogP) is 4.33. The number of benzene rings is 2. The number of aryl methyl sites for hydroxylation is 3. The fraction of sp³-hybridized carbons (Fsp3) is 0.273. The highest BCUT2D eigenvalue weighted by molar-refractivity contribution is 7.99. The summed E-state index contributed by atoms with van der Waals surface area (Å²) >= 11 is 1.25. The van der Waals surface area contributed by atoms with E-state index in [1.807, 2.05) is 74.7 Å². The molecule has 0 spiro atoms. The number of anilines is 1. The minimum atomic E-state index is -0.551. The highest BCUT2D eigenvalue weighted by Gasteiger charge is 2.16. The van der Waals surface area contributed by atoms with E-state index < -0.39 is 11.9 Å². The van der Waals surface area contributed by atoms with Crippen molar-refractivity contribution in [3.8, 4) is 11.4 Å². The third-order valence-corrected chi connectivity index (χ3v) is 5.60. The highest BCUT2D eigenvalue weighted by atomic mass is 32.2. The molecular formula is C22H25N5O2S. The van der Waals surface area contributed by atoms with E-state index in [-0.39, 0.29) is 5.75 Å². The molecule has 0 radical (unpaired) electrons. The Morgan fingerprint density at radius 2 is 1.80 bits per heavy atom. The maximum Gasteiger partial charge on any atom is 0.325 e. The number of carbonyl (C=O) groups excluding carboxylic acids is 2. The van der Waals surface area contributed by atoms with Crippen LogP contribution in [0.4, 0.5) is 10.5 Å². The molecule has 3 amide bonds. The van der Waals surface area contributed by atoms with E-state index in [1.165, 1.54) is 11.8 Å². The summed E-state index contributed by atoms with van der Waals surface area (Å²) in [6.07, 6.45) is 0. The van der Waals surface area contributed by atoms with Gasteiger partial charge in [0, 0.05) is 17.8 Å². The van der Waals surface area contributed by atoms with E-state index in [9.17, 15) is 9.59 Å². The van der Waals surface area contributed by atoms with Gasteiger partial charge in [-0.1, -0.05) is 53.7 Å². The van der Waals surface area contributed by atoms with Gasteiger partial charge >= 0.3 is 6.03 Å². The molecule has 8 heteroatoms. The van der Waals surface area contributed by atoms with Crippen LogP contribution < -0.4 is 10.6 Å². The van der Waals surface area contributed by atoms with Crippen molar-refractivity contribution in [2.75, 3.05) is 11.1 Å². The van der Waals surface area contributed by atoms with Gasteiger partial charge in [0.05, 0.1) is 5.75 Å². The van der Waals surface area contributed by atoms with Gasteiger partial charge in [0.15, 0.2) is 11.0 Å². The maximum absolute atomic E-state index is 12.2. The highest BCUT2D eigenvalue weighted by Crippen LogP contribution is 2.26. The average molecular weight is 424 g/mol. The number of urea groups is 1. The Balaban J connectivity index is 1.61. The van der Waals surface area contributed by atoms with E-state index in [4.69, 9.17) is 0 Å². The first-order chi connectivity index (χ1) is 14.4. The van der Waals surface area contributed by atoms with Gasteiger partial charge in [-0.25, -0.2) is 4.79 Å². The van der Waals surface area contributed by atoms with E-state index in [2.05, 4.69) is 20.8 Å². The molecule has 0 atom stereocenters.